The third-order valence-electron chi connectivity index (χ3n) is 3.02. The molecule has 4 N–H and O–H groups in total. The fraction of sp³-hybridized carbons (Fsp3) is 0.0714. The topological polar surface area (TPSA) is 80.9 Å². The van der Waals surface area contributed by atoms with Crippen molar-refractivity contribution in [3.63, 3.8) is 0 Å². The molecule has 0 radical (unpaired) electrons. The minimum atomic E-state index is -0.644. The van der Waals surface area contributed by atoms with Crippen LogP contribution in [-0.2, 0) is 6.54 Å². The zero-order chi connectivity index (χ0) is 14.1. The number of fused-ring (bicyclic) bond motifs is 1. The first-order chi connectivity index (χ1) is 9.61. The number of aromatic amines is 2. The second-order valence-electron chi connectivity index (χ2n) is 4.48. The molecule has 0 saturated heterocycles. The Kier molecular flexibility index (Phi) is 2.90. The lowest BCUT2D eigenvalue weighted by molar-refractivity contribution is 0.432. The number of phenols is 1. The molecule has 3 aromatic rings. The van der Waals surface area contributed by atoms with Crippen LogP contribution in [0.3, 0.4) is 0 Å². The zero-order valence-corrected chi connectivity index (χ0v) is 10.4. The van der Waals surface area contributed by atoms with E-state index in [1.165, 1.54) is 12.1 Å². The fourth-order valence-electron chi connectivity index (χ4n) is 2.01. The van der Waals surface area contributed by atoms with Crippen LogP contribution in [0.25, 0.3) is 11.0 Å². The summed E-state index contributed by atoms with van der Waals surface area (Å²) in [7, 11) is 0. The maximum Gasteiger partial charge on any atom is 0.323 e. The molecule has 102 valence electrons. The van der Waals surface area contributed by atoms with Gasteiger partial charge in [-0.2, -0.15) is 0 Å². The normalized spacial score (nSPS) is 10.8. The van der Waals surface area contributed by atoms with Gasteiger partial charge in [0.05, 0.1) is 11.0 Å². The number of nitrogens with one attached hydrogen (secondary N) is 3. The molecule has 6 heteroatoms. The highest BCUT2D eigenvalue weighted by Crippen LogP contribution is 2.18. The van der Waals surface area contributed by atoms with Gasteiger partial charge in [-0.3, -0.25) is 0 Å². The van der Waals surface area contributed by atoms with E-state index in [1.54, 1.807) is 18.2 Å². The molecule has 5 nitrogen and oxygen atoms in total. The van der Waals surface area contributed by atoms with E-state index >= 15 is 0 Å². The van der Waals surface area contributed by atoms with Crippen molar-refractivity contribution in [2.75, 3.05) is 5.32 Å². The van der Waals surface area contributed by atoms with E-state index in [0.29, 0.717) is 17.6 Å². The number of aromatic hydroxyl groups is 1. The quantitative estimate of drug-likeness (QED) is 0.591. The van der Waals surface area contributed by atoms with Gasteiger partial charge in [0.15, 0.2) is 11.6 Å². The largest absolute Gasteiger partial charge is 0.505 e. The van der Waals surface area contributed by atoms with Crippen molar-refractivity contribution < 1.29 is 9.50 Å². The van der Waals surface area contributed by atoms with E-state index in [9.17, 15) is 9.18 Å². The number of hydrogen-bond donors (Lipinski definition) is 4. The van der Waals surface area contributed by atoms with Crippen LogP contribution in [0, 0.1) is 5.82 Å². The number of rotatable bonds is 3. The zero-order valence-electron chi connectivity index (χ0n) is 10.4. The average molecular weight is 273 g/mol. The smallest absolute Gasteiger partial charge is 0.323 e. The van der Waals surface area contributed by atoms with Crippen molar-refractivity contribution in [2.45, 2.75) is 6.54 Å². The van der Waals surface area contributed by atoms with Gasteiger partial charge < -0.3 is 20.4 Å². The molecule has 3 rings (SSSR count). The third-order valence-corrected chi connectivity index (χ3v) is 3.02. The Bertz CT molecular complexity index is 823. The number of anilines is 1. The minimum absolute atomic E-state index is 0.252. The average Bonchev–Trinajstić information content (AvgIpc) is 2.79. The molecule has 1 aromatic heterocycles. The van der Waals surface area contributed by atoms with Gasteiger partial charge in [-0.25, -0.2) is 9.18 Å². The second-order valence-corrected chi connectivity index (χ2v) is 4.48. The van der Waals surface area contributed by atoms with Gasteiger partial charge in [0.2, 0.25) is 0 Å². The Balaban J connectivity index is 1.78. The van der Waals surface area contributed by atoms with Crippen LogP contribution in [0.4, 0.5) is 10.1 Å². The summed E-state index contributed by atoms with van der Waals surface area (Å²) in [5, 5.41) is 12.2. The molecule has 0 bridgehead atoms. The second kappa shape index (κ2) is 4.73. The maximum atomic E-state index is 13.2. The first-order valence-electron chi connectivity index (χ1n) is 6.05. The van der Waals surface area contributed by atoms with Gasteiger partial charge in [0.1, 0.15) is 0 Å². The number of phenolic OH excluding ortho intramolecular Hbond substituents is 1. The molecule has 2 aromatic carbocycles. The maximum absolute atomic E-state index is 13.2. The SMILES string of the molecule is O=c1[nH]c2ccc(NCc3ccc(O)c(F)c3)cc2[nH]1. The third kappa shape index (κ3) is 2.35. The summed E-state index contributed by atoms with van der Waals surface area (Å²) in [6, 6.07) is 9.64. The van der Waals surface area contributed by atoms with Crippen molar-refractivity contribution >= 4 is 16.7 Å². The molecule has 0 atom stereocenters. The van der Waals surface area contributed by atoms with Crippen LogP contribution in [0.2, 0.25) is 0 Å². The summed E-state index contributed by atoms with van der Waals surface area (Å²) in [6.07, 6.45) is 0. The molecule has 1 heterocycles. The Morgan fingerprint density at radius 2 is 1.90 bits per heavy atom. The number of aromatic nitrogens is 2. The lowest BCUT2D eigenvalue weighted by atomic mass is 10.2. The van der Waals surface area contributed by atoms with E-state index in [2.05, 4.69) is 15.3 Å². The molecule has 0 fully saturated rings. The summed E-state index contributed by atoms with van der Waals surface area (Å²) in [5.41, 5.74) is 2.70. The van der Waals surface area contributed by atoms with Gasteiger partial charge in [0, 0.05) is 12.2 Å². The lowest BCUT2D eigenvalue weighted by Crippen LogP contribution is -2.00. The Morgan fingerprint density at radius 3 is 2.70 bits per heavy atom. The van der Waals surface area contributed by atoms with E-state index in [-0.39, 0.29) is 11.4 Å². The van der Waals surface area contributed by atoms with Gasteiger partial charge >= 0.3 is 5.69 Å². The van der Waals surface area contributed by atoms with E-state index in [0.717, 1.165) is 11.2 Å². The Labute approximate surface area is 113 Å². The van der Waals surface area contributed by atoms with Gasteiger partial charge in [-0.1, -0.05) is 6.07 Å². The molecule has 0 aliphatic rings. The highest BCUT2D eigenvalue weighted by molar-refractivity contribution is 5.78. The fourth-order valence-corrected chi connectivity index (χ4v) is 2.01. The summed E-state index contributed by atoms with van der Waals surface area (Å²) in [5.74, 6) is -1.00. The van der Waals surface area contributed by atoms with Crippen molar-refractivity contribution in [3.8, 4) is 5.75 Å². The van der Waals surface area contributed by atoms with E-state index in [1.807, 2.05) is 6.07 Å². The molecule has 0 aliphatic carbocycles. The Morgan fingerprint density at radius 1 is 1.10 bits per heavy atom. The molecule has 0 aliphatic heterocycles. The molecule has 0 unspecified atom stereocenters. The molecule has 0 saturated carbocycles. The van der Waals surface area contributed by atoms with Crippen molar-refractivity contribution in [1.29, 1.82) is 0 Å². The molecular weight excluding hydrogens is 261 g/mol. The van der Waals surface area contributed by atoms with Gasteiger partial charge in [-0.05, 0) is 35.9 Å². The van der Waals surface area contributed by atoms with E-state index in [4.69, 9.17) is 5.11 Å². The number of hydrogen-bond acceptors (Lipinski definition) is 3. The summed E-state index contributed by atoms with van der Waals surface area (Å²) in [6.45, 7) is 0.414. The van der Waals surface area contributed by atoms with E-state index < -0.39 is 5.82 Å². The van der Waals surface area contributed by atoms with Crippen LogP contribution < -0.4 is 11.0 Å². The highest BCUT2D eigenvalue weighted by atomic mass is 19.1. The molecule has 0 spiro atoms. The van der Waals surface area contributed by atoms with Crippen LogP contribution in [0.5, 0.6) is 5.75 Å². The van der Waals surface area contributed by atoms with Crippen LogP contribution in [0.1, 0.15) is 5.56 Å². The number of benzene rings is 2. The monoisotopic (exact) mass is 273 g/mol. The minimum Gasteiger partial charge on any atom is -0.505 e. The Hall–Kier alpha value is -2.76. The lowest BCUT2D eigenvalue weighted by Gasteiger charge is -2.07. The van der Waals surface area contributed by atoms with Crippen molar-refractivity contribution in [3.05, 3.63) is 58.3 Å². The number of H-pyrrole nitrogens is 2. The van der Waals surface area contributed by atoms with Crippen LogP contribution >= 0.6 is 0 Å². The molecular formula is C14H12FN3O2. The number of halogens is 1. The van der Waals surface area contributed by atoms with Gasteiger partial charge in [-0.15, -0.1) is 0 Å². The predicted molar refractivity (Wildman–Crippen MR) is 74.3 cm³/mol. The molecule has 0 amide bonds. The highest BCUT2D eigenvalue weighted by Gasteiger charge is 2.03. The standard InChI is InChI=1S/C14H12FN3O2/c15-10-5-8(1-4-13(10)19)7-16-9-2-3-11-12(6-9)18-14(20)17-11/h1-6,16,19H,7H2,(H2,17,18,20). The number of imidazole rings is 1. The van der Waals surface area contributed by atoms with Gasteiger partial charge in [0.25, 0.3) is 0 Å². The van der Waals surface area contributed by atoms with Crippen LogP contribution in [-0.4, -0.2) is 15.1 Å². The van der Waals surface area contributed by atoms with Crippen molar-refractivity contribution in [1.82, 2.24) is 9.97 Å². The summed E-state index contributed by atoms with van der Waals surface area (Å²) < 4.78 is 13.2. The molecule has 20 heavy (non-hydrogen) atoms. The predicted octanol–water partition coefficient (Wildman–Crippen LogP) is 2.31. The summed E-state index contributed by atoms with van der Waals surface area (Å²) in [4.78, 5) is 16.5. The first kappa shape index (κ1) is 12.3. The first-order valence-corrected chi connectivity index (χ1v) is 6.05. The summed E-state index contributed by atoms with van der Waals surface area (Å²) >= 11 is 0. The van der Waals surface area contributed by atoms with Crippen molar-refractivity contribution in [2.24, 2.45) is 0 Å². The van der Waals surface area contributed by atoms with Crippen LogP contribution in [0.15, 0.2) is 41.2 Å².